The van der Waals surface area contributed by atoms with Gasteiger partial charge in [0.25, 0.3) is 5.56 Å². The highest BCUT2D eigenvalue weighted by Gasteiger charge is 2.54. The highest BCUT2D eigenvalue weighted by atomic mass is 16.7. The zero-order valence-corrected chi connectivity index (χ0v) is 36.6. The molecule has 0 aromatic carbocycles. The Morgan fingerprint density at radius 2 is 1.65 bits per heavy atom. The van der Waals surface area contributed by atoms with Crippen molar-refractivity contribution in [2.75, 3.05) is 33.3 Å². The number of aromatic nitrogens is 2. The minimum Gasteiger partial charge on any atom is -0.480 e. The van der Waals surface area contributed by atoms with Crippen LogP contribution in [-0.2, 0) is 38.1 Å². The zero-order valence-electron chi connectivity index (χ0n) is 36.6. The highest BCUT2D eigenvalue weighted by molar-refractivity contribution is 5.93. The molecule has 27 nitrogen and oxygen atoms in total. The fourth-order valence-electron chi connectivity index (χ4n) is 7.63. The number of hydrogen-bond donors (Lipinski definition) is 14. The monoisotopic (exact) mass is 929 g/mol. The lowest BCUT2D eigenvalue weighted by Gasteiger charge is -2.34. The van der Waals surface area contributed by atoms with E-state index in [1.807, 2.05) is 18.8 Å². The van der Waals surface area contributed by atoms with E-state index in [2.05, 4.69) is 36.9 Å². The van der Waals surface area contributed by atoms with Gasteiger partial charge in [0, 0.05) is 39.0 Å². The van der Waals surface area contributed by atoms with Crippen LogP contribution in [0.2, 0.25) is 0 Å². The lowest BCUT2D eigenvalue weighted by molar-refractivity contribution is -0.231. The summed E-state index contributed by atoms with van der Waals surface area (Å²) < 4.78 is 23.8. The number of carboxylic acids is 2. The van der Waals surface area contributed by atoms with Crippen LogP contribution in [0.1, 0.15) is 53.2 Å². The number of aliphatic carboxylic acids is 2. The first-order valence-electron chi connectivity index (χ1n) is 21.1. The summed E-state index contributed by atoms with van der Waals surface area (Å²) in [6, 6.07) is -6.25. The number of amides is 4. The number of methoxy groups -OCH3 is 1. The Bertz CT molecular complexity index is 1950. The van der Waals surface area contributed by atoms with Gasteiger partial charge in [0.15, 0.2) is 18.5 Å². The summed E-state index contributed by atoms with van der Waals surface area (Å²) in [7, 11) is 1.24. The molecule has 2 saturated heterocycles. The van der Waals surface area contributed by atoms with Crippen molar-refractivity contribution in [2.45, 2.75) is 132 Å². The van der Waals surface area contributed by atoms with E-state index in [4.69, 9.17) is 30.4 Å². The Labute approximate surface area is 372 Å². The van der Waals surface area contributed by atoms with Crippen LogP contribution >= 0.6 is 0 Å². The van der Waals surface area contributed by atoms with Crippen LogP contribution in [0.5, 0.6) is 0 Å². The summed E-state index contributed by atoms with van der Waals surface area (Å²) >= 11 is 0. The number of aliphatic hydroxyl groups is 3. The van der Waals surface area contributed by atoms with Gasteiger partial charge in [-0.25, -0.2) is 14.4 Å². The van der Waals surface area contributed by atoms with Gasteiger partial charge in [0.2, 0.25) is 11.8 Å². The molecule has 3 aliphatic heterocycles. The van der Waals surface area contributed by atoms with Gasteiger partial charge in [-0.15, -0.1) is 0 Å². The summed E-state index contributed by atoms with van der Waals surface area (Å²) in [6.07, 6.45) is -12.3. The predicted octanol–water partition coefficient (Wildman–Crippen LogP) is -5.87. The number of guanidine groups is 1. The Kier molecular flexibility index (Phi) is 19.2. The molecule has 0 aliphatic carbocycles. The first kappa shape index (κ1) is 52.4. The van der Waals surface area contributed by atoms with Gasteiger partial charge in [0.1, 0.15) is 66.9 Å². The standard InChI is InChI=1S/C38H63N11O16/c1-15(2)13-18(44-31(55)22(17-7-11-43-36(40)45-17)48-37(60)47-21(16(3)4)33(56)57)30(54)42-10-6-9-41-23(34(58)59)27(65-35-29(62-5)24(51)19(14-39)63-35)28-25(52)26(53)32(64-28)49-12-8-20(50)46-38(49)61/h8,12,15-19,21-29,32,35,41,51-53H,6-7,9-11,13-14,39H2,1-5H3,(H,42,54)(H,44,55)(H,56,57)(H,58,59)(H3,40,43,45)(H,46,50,61)(H2,47,48,60)/t17?,18?,19-,21?,22?,23?,24-,25?,26?,27?,28?,29-,32-,35+/m1/s1. The van der Waals surface area contributed by atoms with Gasteiger partial charge < -0.3 is 87.8 Å². The fraction of sp³-hybridized carbons (Fsp3) is 0.737. The third-order valence-corrected chi connectivity index (χ3v) is 11.0. The van der Waals surface area contributed by atoms with Crippen molar-refractivity contribution < 1.29 is 68.5 Å². The number of hydrogen-bond acceptors (Lipinski definition) is 19. The maximum absolute atomic E-state index is 13.9. The van der Waals surface area contributed by atoms with E-state index in [9.17, 15) is 59.1 Å². The molecule has 65 heavy (non-hydrogen) atoms. The third-order valence-electron chi connectivity index (χ3n) is 11.0. The normalized spacial score (nSPS) is 27.7. The predicted molar refractivity (Wildman–Crippen MR) is 225 cm³/mol. The van der Waals surface area contributed by atoms with E-state index in [0.29, 0.717) is 0 Å². The van der Waals surface area contributed by atoms with Crippen molar-refractivity contribution in [3.05, 3.63) is 33.1 Å². The van der Waals surface area contributed by atoms with Crippen LogP contribution in [0.3, 0.4) is 0 Å². The summed E-state index contributed by atoms with van der Waals surface area (Å²) in [5.41, 5.74) is 9.85. The molecule has 4 heterocycles. The molecule has 1 aromatic rings. The number of rotatable bonds is 23. The van der Waals surface area contributed by atoms with Crippen molar-refractivity contribution in [2.24, 2.45) is 28.3 Å². The molecule has 4 amide bonds. The van der Waals surface area contributed by atoms with Crippen molar-refractivity contribution in [3.8, 4) is 0 Å². The van der Waals surface area contributed by atoms with Crippen molar-refractivity contribution >= 4 is 35.7 Å². The number of carbonyl (C=O) groups excluding carboxylic acids is 3. The highest BCUT2D eigenvalue weighted by Crippen LogP contribution is 2.35. The largest absolute Gasteiger partial charge is 0.480 e. The number of aliphatic hydroxyl groups excluding tert-OH is 3. The van der Waals surface area contributed by atoms with Crippen molar-refractivity contribution in [1.29, 1.82) is 0 Å². The molecule has 1 aromatic heterocycles. The quantitative estimate of drug-likeness (QED) is 0.0455. The van der Waals surface area contributed by atoms with Gasteiger partial charge in [-0.1, -0.05) is 27.7 Å². The second-order valence-corrected chi connectivity index (χ2v) is 16.6. The molecule has 9 unspecified atom stereocenters. The number of nitrogens with zero attached hydrogens (tertiary/aromatic N) is 2. The number of ether oxygens (including phenoxy) is 4. The van der Waals surface area contributed by atoms with Gasteiger partial charge in [-0.3, -0.25) is 33.7 Å². The van der Waals surface area contributed by atoms with Crippen LogP contribution < -0.4 is 54.6 Å². The van der Waals surface area contributed by atoms with E-state index in [1.54, 1.807) is 13.8 Å². The Balaban J connectivity index is 1.47. The van der Waals surface area contributed by atoms with Crippen molar-refractivity contribution in [1.82, 2.24) is 41.5 Å². The molecular weight excluding hydrogens is 866 g/mol. The van der Waals surface area contributed by atoms with Gasteiger partial charge in [-0.05, 0) is 37.6 Å². The van der Waals surface area contributed by atoms with E-state index in [0.717, 1.165) is 16.8 Å². The summed E-state index contributed by atoms with van der Waals surface area (Å²) in [5, 5.41) is 68.9. The average Bonchev–Trinajstić information content (AvgIpc) is 3.70. The molecule has 4 rings (SSSR count). The smallest absolute Gasteiger partial charge is 0.330 e. The molecule has 0 radical (unpaired) electrons. The van der Waals surface area contributed by atoms with Crippen LogP contribution in [0.15, 0.2) is 26.8 Å². The average molecular weight is 930 g/mol. The number of aromatic amines is 1. The second-order valence-electron chi connectivity index (χ2n) is 16.6. The second kappa shape index (κ2) is 23.8. The SMILES string of the molecule is CO[C@H]1[C@H](OC(C(NCCCNC(=O)C(CC(C)C)NC(=O)C(NC(=O)NC(C(=O)O)C(C)C)C2CCN=C(N)N2)C(=O)O)C2O[C@@H](n3ccc(=O)[nH]c3=O)C(O)C2O)O[C@H](CN)[C@H]1O. The molecule has 27 heteroatoms. The van der Waals surface area contributed by atoms with E-state index < -0.39 is 132 Å². The minimum absolute atomic E-state index is 0.0152. The van der Waals surface area contributed by atoms with E-state index in [-0.39, 0.29) is 57.3 Å². The number of nitrogens with one attached hydrogen (secondary N) is 7. The molecular formula is C38H63N11O16. The minimum atomic E-state index is -1.89. The van der Waals surface area contributed by atoms with Gasteiger partial charge in [0.05, 0.1) is 6.04 Å². The van der Waals surface area contributed by atoms with Crippen LogP contribution in [0.4, 0.5) is 4.79 Å². The van der Waals surface area contributed by atoms with Crippen molar-refractivity contribution in [3.63, 3.8) is 0 Å². The summed E-state index contributed by atoms with van der Waals surface area (Å²) in [6.45, 7) is 6.66. The number of carboxylic acid groups (broad SMARTS) is 2. The zero-order chi connectivity index (χ0) is 48.3. The number of urea groups is 1. The lowest BCUT2D eigenvalue weighted by atomic mass is 9.98. The molecule has 16 N–H and O–H groups in total. The molecule has 0 saturated carbocycles. The Hall–Kier alpha value is -5.26. The molecule has 3 aliphatic rings. The first-order valence-corrected chi connectivity index (χ1v) is 21.1. The Morgan fingerprint density at radius 1 is 0.954 bits per heavy atom. The number of carbonyl (C=O) groups is 5. The molecule has 0 bridgehead atoms. The number of aliphatic imine (C=N–C) groups is 1. The number of H-pyrrole nitrogens is 1. The number of nitrogens with two attached hydrogens (primary N) is 2. The molecule has 0 spiro atoms. The lowest BCUT2D eigenvalue weighted by Crippen LogP contribution is -2.64. The molecule has 2 fully saturated rings. The fourth-order valence-corrected chi connectivity index (χ4v) is 7.63. The van der Waals surface area contributed by atoms with Gasteiger partial charge >= 0.3 is 23.7 Å². The topological polar surface area (TPSA) is 415 Å². The molecule has 366 valence electrons. The maximum atomic E-state index is 13.9. The van der Waals surface area contributed by atoms with E-state index in [1.165, 1.54) is 7.11 Å². The van der Waals surface area contributed by atoms with Crippen LogP contribution in [0, 0.1) is 11.8 Å². The first-order chi connectivity index (χ1) is 30.7. The Morgan fingerprint density at radius 3 is 2.23 bits per heavy atom. The molecule has 14 atom stereocenters. The van der Waals surface area contributed by atoms with Crippen LogP contribution in [-0.4, -0.2) is 183 Å². The van der Waals surface area contributed by atoms with Crippen LogP contribution in [0.25, 0.3) is 0 Å². The maximum Gasteiger partial charge on any atom is 0.330 e. The third kappa shape index (κ3) is 13.6. The summed E-state index contributed by atoms with van der Waals surface area (Å²) in [4.78, 5) is 95.5. The summed E-state index contributed by atoms with van der Waals surface area (Å²) in [5.74, 6) is -4.80. The van der Waals surface area contributed by atoms with E-state index >= 15 is 0 Å². The van der Waals surface area contributed by atoms with Gasteiger partial charge in [-0.2, -0.15) is 0 Å².